The summed E-state index contributed by atoms with van der Waals surface area (Å²) in [7, 11) is 0. The lowest BCUT2D eigenvalue weighted by molar-refractivity contribution is -0.174. The van der Waals surface area contributed by atoms with E-state index in [9.17, 15) is 18.0 Å². The largest absolute Gasteiger partial charge is 0.467 e. The minimum atomic E-state index is -4.54. The van der Waals surface area contributed by atoms with Crippen LogP contribution in [0.15, 0.2) is 53.3 Å². The molecule has 2 atom stereocenters. The van der Waals surface area contributed by atoms with Crippen molar-refractivity contribution in [2.75, 3.05) is 10.6 Å². The highest BCUT2D eigenvalue weighted by Crippen LogP contribution is 2.44. The van der Waals surface area contributed by atoms with Crippen LogP contribution in [0.1, 0.15) is 34.6 Å². The zero-order valence-corrected chi connectivity index (χ0v) is 15.0. The van der Waals surface area contributed by atoms with E-state index < -0.39 is 24.2 Å². The van der Waals surface area contributed by atoms with Crippen LogP contribution in [0.25, 0.3) is 0 Å². The molecule has 0 radical (unpaired) electrons. The summed E-state index contributed by atoms with van der Waals surface area (Å²) >= 11 is 6.03. The SMILES string of the molecule is O=C(Nc1ccccc1Cl)c1cnn2c1N[C@@H](c1ccco1)C[C@H]2C(F)(F)F. The van der Waals surface area contributed by atoms with E-state index in [1.807, 2.05) is 0 Å². The van der Waals surface area contributed by atoms with Gasteiger partial charge in [-0.1, -0.05) is 23.7 Å². The van der Waals surface area contributed by atoms with E-state index in [0.717, 1.165) is 10.9 Å². The van der Waals surface area contributed by atoms with E-state index in [2.05, 4.69) is 15.7 Å². The molecule has 2 aromatic heterocycles. The van der Waals surface area contributed by atoms with Gasteiger partial charge < -0.3 is 15.1 Å². The van der Waals surface area contributed by atoms with Gasteiger partial charge in [0, 0.05) is 6.42 Å². The third-order valence-electron chi connectivity index (χ3n) is 4.49. The average molecular weight is 411 g/mol. The van der Waals surface area contributed by atoms with Crippen LogP contribution in [-0.4, -0.2) is 21.9 Å². The molecule has 0 unspecified atom stereocenters. The summed E-state index contributed by atoms with van der Waals surface area (Å²) in [4.78, 5) is 12.7. The Balaban J connectivity index is 1.70. The maximum Gasteiger partial charge on any atom is 0.410 e. The van der Waals surface area contributed by atoms with Gasteiger partial charge in [-0.2, -0.15) is 18.3 Å². The molecule has 0 aliphatic carbocycles. The standard InChI is InChI=1S/C18H14ClF3N4O2/c19-11-4-1-2-5-12(11)25-17(27)10-9-23-26-15(18(20,21)22)8-13(24-16(10)26)14-6-3-7-28-14/h1-7,9,13,15,24H,8H2,(H,25,27)/t13-,15+/m1/s1. The molecule has 1 aromatic carbocycles. The molecule has 28 heavy (non-hydrogen) atoms. The first kappa shape index (κ1) is 18.4. The van der Waals surface area contributed by atoms with Crippen molar-refractivity contribution < 1.29 is 22.4 Å². The number of carbonyl (C=O) groups excluding carboxylic acids is 1. The van der Waals surface area contributed by atoms with Crippen molar-refractivity contribution >= 4 is 29.0 Å². The van der Waals surface area contributed by atoms with Gasteiger partial charge in [0.05, 0.1) is 29.2 Å². The molecule has 1 amide bonds. The summed E-state index contributed by atoms with van der Waals surface area (Å²) in [5.41, 5.74) is 0.324. The van der Waals surface area contributed by atoms with Crippen molar-refractivity contribution in [2.45, 2.75) is 24.7 Å². The summed E-state index contributed by atoms with van der Waals surface area (Å²) in [6, 6.07) is 7.10. The highest BCUT2D eigenvalue weighted by atomic mass is 35.5. The van der Waals surface area contributed by atoms with Gasteiger partial charge in [0.25, 0.3) is 5.91 Å². The second kappa shape index (κ2) is 6.90. The highest BCUT2D eigenvalue weighted by Gasteiger charge is 2.47. The summed E-state index contributed by atoms with van der Waals surface area (Å²) in [5.74, 6) is -0.304. The van der Waals surface area contributed by atoms with E-state index in [-0.39, 0.29) is 17.8 Å². The molecule has 1 aliphatic rings. The Hall–Kier alpha value is -2.94. The number of aromatic nitrogens is 2. The molecule has 1 aliphatic heterocycles. The number of benzene rings is 1. The second-order valence-electron chi connectivity index (χ2n) is 6.29. The van der Waals surface area contributed by atoms with Crippen LogP contribution < -0.4 is 10.6 Å². The number of nitrogens with one attached hydrogen (secondary N) is 2. The van der Waals surface area contributed by atoms with Crippen LogP contribution in [0.2, 0.25) is 5.02 Å². The van der Waals surface area contributed by atoms with Gasteiger partial charge in [-0.15, -0.1) is 0 Å². The number of furan rings is 1. The van der Waals surface area contributed by atoms with Gasteiger partial charge in [-0.05, 0) is 24.3 Å². The third-order valence-corrected chi connectivity index (χ3v) is 4.82. The van der Waals surface area contributed by atoms with E-state index in [0.29, 0.717) is 16.5 Å². The predicted molar refractivity (Wildman–Crippen MR) is 96.4 cm³/mol. The van der Waals surface area contributed by atoms with Crippen LogP contribution in [0.5, 0.6) is 0 Å². The van der Waals surface area contributed by atoms with Crippen molar-refractivity contribution in [1.82, 2.24) is 9.78 Å². The van der Waals surface area contributed by atoms with E-state index in [1.165, 1.54) is 6.26 Å². The zero-order chi connectivity index (χ0) is 19.9. The third kappa shape index (κ3) is 3.33. The van der Waals surface area contributed by atoms with Crippen molar-refractivity contribution in [3.8, 4) is 0 Å². The van der Waals surface area contributed by atoms with Crippen LogP contribution in [0.4, 0.5) is 24.7 Å². The van der Waals surface area contributed by atoms with Gasteiger partial charge in [0.2, 0.25) is 0 Å². The summed E-state index contributed by atoms with van der Waals surface area (Å²) in [5, 5.41) is 9.67. The van der Waals surface area contributed by atoms with Crippen molar-refractivity contribution in [2.24, 2.45) is 0 Å². The number of hydrogen-bond donors (Lipinski definition) is 2. The Morgan fingerprint density at radius 1 is 1.29 bits per heavy atom. The molecular weight excluding hydrogens is 397 g/mol. The van der Waals surface area contributed by atoms with Gasteiger partial charge in [-0.25, -0.2) is 4.68 Å². The van der Waals surface area contributed by atoms with Crippen LogP contribution >= 0.6 is 11.6 Å². The van der Waals surface area contributed by atoms with Crippen LogP contribution in [0, 0.1) is 0 Å². The molecule has 0 fully saturated rings. The molecule has 6 nitrogen and oxygen atoms in total. The number of nitrogens with zero attached hydrogens (tertiary/aromatic N) is 2. The highest BCUT2D eigenvalue weighted by molar-refractivity contribution is 6.34. The molecule has 0 saturated heterocycles. The zero-order valence-electron chi connectivity index (χ0n) is 14.2. The Kier molecular flexibility index (Phi) is 4.54. The Labute approximate surface area is 162 Å². The summed E-state index contributed by atoms with van der Waals surface area (Å²) < 4.78 is 46.9. The first-order valence-corrected chi connectivity index (χ1v) is 8.72. The number of alkyl halides is 3. The summed E-state index contributed by atoms with van der Waals surface area (Å²) in [6.07, 6.45) is -2.35. The number of anilines is 2. The van der Waals surface area contributed by atoms with Gasteiger partial charge in [-0.3, -0.25) is 4.79 Å². The molecule has 2 N–H and O–H groups in total. The van der Waals surface area contributed by atoms with Crippen molar-refractivity contribution in [3.63, 3.8) is 0 Å². The summed E-state index contributed by atoms with van der Waals surface area (Å²) in [6.45, 7) is 0. The number of para-hydroxylation sites is 1. The van der Waals surface area contributed by atoms with E-state index >= 15 is 0 Å². The molecule has 0 bridgehead atoms. The minimum absolute atomic E-state index is 0.0228. The monoisotopic (exact) mass is 410 g/mol. The maximum absolute atomic E-state index is 13.6. The van der Waals surface area contributed by atoms with Crippen LogP contribution in [0.3, 0.4) is 0 Å². The second-order valence-corrected chi connectivity index (χ2v) is 6.70. The fourth-order valence-electron chi connectivity index (χ4n) is 3.16. The number of fused-ring (bicyclic) bond motifs is 1. The molecule has 0 spiro atoms. The molecule has 0 saturated carbocycles. The average Bonchev–Trinajstić information content (AvgIpc) is 3.31. The Morgan fingerprint density at radius 3 is 2.75 bits per heavy atom. The molecule has 146 valence electrons. The van der Waals surface area contributed by atoms with Crippen molar-refractivity contribution in [3.05, 3.63) is 65.2 Å². The van der Waals surface area contributed by atoms with E-state index in [1.54, 1.807) is 36.4 Å². The maximum atomic E-state index is 13.6. The van der Waals surface area contributed by atoms with Gasteiger partial charge in [0.15, 0.2) is 6.04 Å². The fourth-order valence-corrected chi connectivity index (χ4v) is 3.34. The molecule has 4 rings (SSSR count). The topological polar surface area (TPSA) is 72.1 Å². The van der Waals surface area contributed by atoms with Crippen molar-refractivity contribution in [1.29, 1.82) is 0 Å². The Morgan fingerprint density at radius 2 is 2.07 bits per heavy atom. The van der Waals surface area contributed by atoms with E-state index in [4.69, 9.17) is 16.0 Å². The van der Waals surface area contributed by atoms with Crippen LogP contribution in [-0.2, 0) is 0 Å². The fraction of sp³-hybridized carbons (Fsp3) is 0.222. The molecule has 10 heteroatoms. The molecule has 3 aromatic rings. The lowest BCUT2D eigenvalue weighted by atomic mass is 10.0. The lowest BCUT2D eigenvalue weighted by Gasteiger charge is -2.32. The van der Waals surface area contributed by atoms with Gasteiger partial charge in [0.1, 0.15) is 17.1 Å². The number of halogens is 4. The minimum Gasteiger partial charge on any atom is -0.467 e. The number of carbonyl (C=O) groups is 1. The predicted octanol–water partition coefficient (Wildman–Crippen LogP) is 5.04. The molecular formula is C18H14ClF3N4O2. The number of rotatable bonds is 3. The lowest BCUT2D eigenvalue weighted by Crippen LogP contribution is -2.36. The first-order valence-electron chi connectivity index (χ1n) is 8.34. The normalized spacial score (nSPS) is 19.0. The Bertz CT molecular complexity index is 1000. The smallest absolute Gasteiger partial charge is 0.410 e. The molecule has 3 heterocycles. The quantitative estimate of drug-likeness (QED) is 0.634. The van der Waals surface area contributed by atoms with Gasteiger partial charge >= 0.3 is 6.18 Å². The first-order chi connectivity index (χ1) is 13.3. The number of hydrogen-bond acceptors (Lipinski definition) is 4. The number of amides is 1.